The number of halogens is 3. The van der Waals surface area contributed by atoms with Gasteiger partial charge >= 0.3 is 6.36 Å². The molecular weight excluding hydrogens is 239 g/mol. The molecule has 2 rings (SSSR count). The lowest BCUT2D eigenvalue weighted by Crippen LogP contribution is -2.20. The van der Waals surface area contributed by atoms with E-state index >= 15 is 0 Å². The number of hydrogen-bond acceptors (Lipinski definition) is 3. The topological polar surface area (TPSA) is 35.2 Å². The van der Waals surface area contributed by atoms with E-state index in [-0.39, 0.29) is 11.8 Å². The van der Waals surface area contributed by atoms with Crippen LogP contribution in [0.1, 0.15) is 17.2 Å². The van der Waals surface area contributed by atoms with Gasteiger partial charge in [-0.2, -0.15) is 11.8 Å². The van der Waals surface area contributed by atoms with Crippen molar-refractivity contribution in [1.29, 1.82) is 0 Å². The van der Waals surface area contributed by atoms with Gasteiger partial charge < -0.3 is 10.5 Å². The zero-order valence-corrected chi connectivity index (χ0v) is 9.07. The molecule has 1 aliphatic rings. The molecule has 0 fully saturated rings. The molecule has 0 saturated heterocycles. The Morgan fingerprint density at radius 1 is 1.38 bits per heavy atom. The number of thioether (sulfide) groups is 1. The SMILES string of the molecule is N[C@H]1CSCc2ccc(OC(F)(F)F)cc21. The highest BCUT2D eigenvalue weighted by Crippen LogP contribution is 2.34. The second kappa shape index (κ2) is 4.18. The molecule has 2 nitrogen and oxygen atoms in total. The Morgan fingerprint density at radius 3 is 2.81 bits per heavy atom. The normalized spacial score (nSPS) is 20.4. The Balaban J connectivity index is 2.27. The fourth-order valence-electron chi connectivity index (χ4n) is 1.63. The zero-order chi connectivity index (χ0) is 11.8. The van der Waals surface area contributed by atoms with E-state index in [2.05, 4.69) is 4.74 Å². The maximum atomic E-state index is 12.0. The minimum Gasteiger partial charge on any atom is -0.406 e. The largest absolute Gasteiger partial charge is 0.573 e. The van der Waals surface area contributed by atoms with Crippen LogP contribution in [0.5, 0.6) is 5.75 Å². The Kier molecular flexibility index (Phi) is 3.03. The van der Waals surface area contributed by atoms with Crippen molar-refractivity contribution in [3.8, 4) is 5.75 Å². The van der Waals surface area contributed by atoms with Crippen molar-refractivity contribution in [2.24, 2.45) is 5.73 Å². The van der Waals surface area contributed by atoms with Crippen LogP contribution in [-0.2, 0) is 5.75 Å². The highest BCUT2D eigenvalue weighted by atomic mass is 32.2. The molecular formula is C10H10F3NOS. The molecule has 6 heteroatoms. The lowest BCUT2D eigenvalue weighted by molar-refractivity contribution is -0.274. The summed E-state index contributed by atoms with van der Waals surface area (Å²) < 4.78 is 39.9. The number of fused-ring (bicyclic) bond motifs is 1. The molecule has 1 aromatic carbocycles. The van der Waals surface area contributed by atoms with Crippen molar-refractivity contribution >= 4 is 11.8 Å². The van der Waals surface area contributed by atoms with Gasteiger partial charge in [-0.05, 0) is 23.3 Å². The first-order valence-electron chi connectivity index (χ1n) is 4.67. The van der Waals surface area contributed by atoms with E-state index in [0.717, 1.165) is 22.6 Å². The van der Waals surface area contributed by atoms with Crippen LogP contribution in [0.3, 0.4) is 0 Å². The van der Waals surface area contributed by atoms with Crippen molar-refractivity contribution in [3.05, 3.63) is 29.3 Å². The Labute approximate surface area is 95.0 Å². The molecule has 2 N–H and O–H groups in total. The third kappa shape index (κ3) is 2.62. The summed E-state index contributed by atoms with van der Waals surface area (Å²) in [4.78, 5) is 0. The van der Waals surface area contributed by atoms with Crippen LogP contribution < -0.4 is 10.5 Å². The molecule has 0 saturated carbocycles. The van der Waals surface area contributed by atoms with Crippen LogP contribution in [0.4, 0.5) is 13.2 Å². The summed E-state index contributed by atoms with van der Waals surface area (Å²) in [5.41, 5.74) is 7.56. The van der Waals surface area contributed by atoms with Gasteiger partial charge in [0.1, 0.15) is 5.75 Å². The van der Waals surface area contributed by atoms with Crippen LogP contribution in [-0.4, -0.2) is 12.1 Å². The quantitative estimate of drug-likeness (QED) is 0.831. The molecule has 0 bridgehead atoms. The second-order valence-electron chi connectivity index (χ2n) is 3.53. The number of alkyl halides is 3. The molecule has 1 aromatic rings. The minimum atomic E-state index is -4.65. The average Bonchev–Trinajstić information content (AvgIpc) is 2.17. The zero-order valence-electron chi connectivity index (χ0n) is 8.25. The molecule has 16 heavy (non-hydrogen) atoms. The molecule has 0 spiro atoms. The van der Waals surface area contributed by atoms with Crippen molar-refractivity contribution in [3.63, 3.8) is 0 Å². The van der Waals surface area contributed by atoms with Gasteiger partial charge in [0.05, 0.1) is 0 Å². The maximum Gasteiger partial charge on any atom is 0.573 e. The predicted octanol–water partition coefficient (Wildman–Crippen LogP) is 2.83. The molecule has 0 aliphatic carbocycles. The van der Waals surface area contributed by atoms with E-state index < -0.39 is 6.36 Å². The second-order valence-corrected chi connectivity index (χ2v) is 4.56. The lowest BCUT2D eigenvalue weighted by atomic mass is 10.0. The molecule has 0 amide bonds. The van der Waals surface area contributed by atoms with Gasteiger partial charge in [0.25, 0.3) is 0 Å². The van der Waals surface area contributed by atoms with Crippen LogP contribution in [0.25, 0.3) is 0 Å². The summed E-state index contributed by atoms with van der Waals surface area (Å²) in [6.45, 7) is 0. The standard InChI is InChI=1S/C10H10F3NOS/c11-10(12,13)15-7-2-1-6-4-16-5-9(14)8(6)3-7/h1-3,9H,4-5,14H2/t9-/m0/s1. The fraction of sp³-hybridized carbons (Fsp3) is 0.400. The Morgan fingerprint density at radius 2 is 2.12 bits per heavy atom. The summed E-state index contributed by atoms with van der Waals surface area (Å²) in [7, 11) is 0. The number of benzene rings is 1. The van der Waals surface area contributed by atoms with Crippen LogP contribution >= 0.6 is 11.8 Å². The number of nitrogens with two attached hydrogens (primary N) is 1. The highest BCUT2D eigenvalue weighted by Gasteiger charge is 2.31. The monoisotopic (exact) mass is 249 g/mol. The van der Waals surface area contributed by atoms with E-state index in [1.54, 1.807) is 17.8 Å². The predicted molar refractivity (Wildman–Crippen MR) is 56.2 cm³/mol. The van der Waals surface area contributed by atoms with E-state index in [1.807, 2.05) is 0 Å². The van der Waals surface area contributed by atoms with E-state index in [4.69, 9.17) is 5.73 Å². The van der Waals surface area contributed by atoms with E-state index in [1.165, 1.54) is 12.1 Å². The van der Waals surface area contributed by atoms with Crippen molar-refractivity contribution < 1.29 is 17.9 Å². The number of rotatable bonds is 1. The smallest absolute Gasteiger partial charge is 0.406 e. The Bertz CT molecular complexity index is 394. The van der Waals surface area contributed by atoms with Crippen LogP contribution in [0.2, 0.25) is 0 Å². The number of hydrogen-bond donors (Lipinski definition) is 1. The van der Waals surface area contributed by atoms with Crippen LogP contribution in [0, 0.1) is 0 Å². The molecule has 1 heterocycles. The molecule has 0 aromatic heterocycles. The fourth-order valence-corrected chi connectivity index (χ4v) is 2.67. The highest BCUT2D eigenvalue weighted by molar-refractivity contribution is 7.98. The molecule has 1 atom stereocenters. The van der Waals surface area contributed by atoms with Crippen molar-refractivity contribution in [2.45, 2.75) is 18.2 Å². The lowest BCUT2D eigenvalue weighted by Gasteiger charge is -2.22. The van der Waals surface area contributed by atoms with Gasteiger partial charge in [0.15, 0.2) is 0 Å². The number of ether oxygens (including phenoxy) is 1. The van der Waals surface area contributed by atoms with Gasteiger partial charge in [-0.3, -0.25) is 0 Å². The summed E-state index contributed by atoms with van der Waals surface area (Å²) in [6, 6.07) is 4.13. The first-order valence-corrected chi connectivity index (χ1v) is 5.83. The van der Waals surface area contributed by atoms with Crippen molar-refractivity contribution in [1.82, 2.24) is 0 Å². The average molecular weight is 249 g/mol. The Hall–Kier alpha value is -0.880. The van der Waals surface area contributed by atoms with Gasteiger partial charge in [-0.15, -0.1) is 13.2 Å². The minimum absolute atomic E-state index is 0.200. The molecule has 1 aliphatic heterocycles. The van der Waals surface area contributed by atoms with Gasteiger partial charge in [0, 0.05) is 17.5 Å². The van der Waals surface area contributed by atoms with Gasteiger partial charge in [0.2, 0.25) is 0 Å². The third-order valence-corrected chi connectivity index (χ3v) is 3.42. The molecule has 0 unspecified atom stereocenters. The third-order valence-electron chi connectivity index (χ3n) is 2.31. The van der Waals surface area contributed by atoms with Crippen molar-refractivity contribution in [2.75, 3.05) is 5.75 Å². The molecule has 88 valence electrons. The van der Waals surface area contributed by atoms with Crippen LogP contribution in [0.15, 0.2) is 18.2 Å². The first-order chi connectivity index (χ1) is 7.46. The summed E-state index contributed by atoms with van der Waals surface area (Å²) in [6.07, 6.45) is -4.65. The molecule has 0 radical (unpaired) electrons. The summed E-state index contributed by atoms with van der Waals surface area (Å²) in [5.74, 6) is 1.31. The summed E-state index contributed by atoms with van der Waals surface area (Å²) in [5, 5.41) is 0. The van der Waals surface area contributed by atoms with Gasteiger partial charge in [-0.1, -0.05) is 6.07 Å². The van der Waals surface area contributed by atoms with Gasteiger partial charge in [-0.25, -0.2) is 0 Å². The maximum absolute atomic E-state index is 12.0. The van der Waals surface area contributed by atoms with E-state index in [9.17, 15) is 13.2 Å². The first kappa shape index (κ1) is 11.6. The summed E-state index contributed by atoms with van der Waals surface area (Å²) >= 11 is 1.68. The van der Waals surface area contributed by atoms with E-state index in [0.29, 0.717) is 0 Å².